The number of rotatable bonds is 3. The van der Waals surface area contributed by atoms with E-state index in [2.05, 4.69) is 16.4 Å². The monoisotopic (exact) mass is 240 g/mol. The van der Waals surface area contributed by atoms with E-state index in [1.165, 1.54) is 0 Å². The van der Waals surface area contributed by atoms with Crippen molar-refractivity contribution < 1.29 is 0 Å². The number of hydrogen-bond acceptors (Lipinski definition) is 4. The highest BCUT2D eigenvalue weighted by atomic mass is 15.1. The van der Waals surface area contributed by atoms with E-state index in [4.69, 9.17) is 5.73 Å². The fourth-order valence-electron chi connectivity index (χ4n) is 1.73. The van der Waals surface area contributed by atoms with Crippen molar-refractivity contribution in [1.82, 2.24) is 4.98 Å². The zero-order valence-electron chi connectivity index (χ0n) is 10.6. The molecule has 0 saturated carbocycles. The summed E-state index contributed by atoms with van der Waals surface area (Å²) in [6.45, 7) is 4.48. The minimum atomic E-state index is -0.248. The molecule has 0 bridgehead atoms. The molecule has 18 heavy (non-hydrogen) atoms. The Morgan fingerprint density at radius 1 is 1.39 bits per heavy atom. The van der Waals surface area contributed by atoms with Crippen LogP contribution >= 0.6 is 0 Å². The molecule has 4 heteroatoms. The average Bonchev–Trinajstić information content (AvgIpc) is 2.37. The van der Waals surface area contributed by atoms with Crippen molar-refractivity contribution in [3.8, 4) is 6.07 Å². The lowest BCUT2D eigenvalue weighted by Gasteiger charge is -2.25. The number of fused-ring (bicyclic) bond motifs is 1. The quantitative estimate of drug-likeness (QED) is 0.863. The molecule has 0 radical (unpaired) electrons. The molecule has 3 N–H and O–H groups in total. The van der Waals surface area contributed by atoms with Gasteiger partial charge in [-0.1, -0.05) is 18.2 Å². The molecule has 0 atom stereocenters. The number of pyridine rings is 1. The number of nitriles is 1. The lowest BCUT2D eigenvalue weighted by molar-refractivity contribution is 0.578. The van der Waals surface area contributed by atoms with Gasteiger partial charge in [0.2, 0.25) is 0 Å². The van der Waals surface area contributed by atoms with Gasteiger partial charge in [0.15, 0.2) is 0 Å². The summed E-state index contributed by atoms with van der Waals surface area (Å²) in [6, 6.07) is 11.6. The molecule has 0 spiro atoms. The Morgan fingerprint density at radius 2 is 2.11 bits per heavy atom. The smallest absolute Gasteiger partial charge is 0.128 e. The Hall–Kier alpha value is -2.12. The van der Waals surface area contributed by atoms with E-state index in [0.717, 1.165) is 10.9 Å². The molecule has 2 aromatic rings. The van der Waals surface area contributed by atoms with Crippen molar-refractivity contribution in [1.29, 1.82) is 5.26 Å². The molecule has 2 rings (SSSR count). The molecule has 0 fully saturated rings. The lowest BCUT2D eigenvalue weighted by atomic mass is 10.1. The van der Waals surface area contributed by atoms with Crippen molar-refractivity contribution in [3.63, 3.8) is 0 Å². The highest BCUT2D eigenvalue weighted by Gasteiger charge is 2.16. The van der Waals surface area contributed by atoms with Gasteiger partial charge in [0.05, 0.1) is 17.1 Å². The van der Waals surface area contributed by atoms with Gasteiger partial charge in [-0.3, -0.25) is 0 Å². The minimum Gasteiger partial charge on any atom is -0.364 e. The van der Waals surface area contributed by atoms with Crippen LogP contribution < -0.4 is 11.1 Å². The summed E-state index contributed by atoms with van der Waals surface area (Å²) in [5.74, 6) is 0.681. The molecule has 92 valence electrons. The van der Waals surface area contributed by atoms with Gasteiger partial charge in [0.1, 0.15) is 5.82 Å². The third-order valence-corrected chi connectivity index (χ3v) is 2.81. The first-order chi connectivity index (χ1) is 8.55. The Morgan fingerprint density at radius 3 is 2.78 bits per heavy atom. The maximum Gasteiger partial charge on any atom is 0.128 e. The molecule has 4 nitrogen and oxygen atoms in total. The van der Waals surface area contributed by atoms with Crippen molar-refractivity contribution in [2.24, 2.45) is 5.73 Å². The van der Waals surface area contributed by atoms with E-state index in [9.17, 15) is 5.26 Å². The predicted molar refractivity (Wildman–Crippen MR) is 73.2 cm³/mol. The van der Waals surface area contributed by atoms with E-state index >= 15 is 0 Å². The van der Waals surface area contributed by atoms with Crippen LogP contribution in [0, 0.1) is 11.3 Å². The van der Waals surface area contributed by atoms with Crippen LogP contribution in [0.15, 0.2) is 30.3 Å². The zero-order valence-corrected chi connectivity index (χ0v) is 10.6. The molecule has 1 heterocycles. The number of benzene rings is 1. The molecule has 0 unspecified atom stereocenters. The maximum atomic E-state index is 9.19. The lowest BCUT2D eigenvalue weighted by Crippen LogP contribution is -2.39. The molecular weight excluding hydrogens is 224 g/mol. The first-order valence-electron chi connectivity index (χ1n) is 5.84. The fourth-order valence-corrected chi connectivity index (χ4v) is 1.73. The van der Waals surface area contributed by atoms with Gasteiger partial charge < -0.3 is 11.1 Å². The standard InChI is InChI=1S/C14H16N4/c1-14(2,9-16)18-13-7-10(8-15)11-5-3-4-6-12(11)17-13/h3-7H,9,16H2,1-2H3,(H,17,18). The predicted octanol–water partition coefficient (Wildman–Crippen LogP) is 2.26. The largest absolute Gasteiger partial charge is 0.364 e. The van der Waals surface area contributed by atoms with Crippen LogP contribution in [0.5, 0.6) is 0 Å². The molecule has 0 amide bonds. The number of para-hydroxylation sites is 1. The van der Waals surface area contributed by atoms with Gasteiger partial charge in [0, 0.05) is 17.5 Å². The number of hydrogen-bond donors (Lipinski definition) is 2. The zero-order chi connectivity index (χ0) is 13.2. The second kappa shape index (κ2) is 4.63. The highest BCUT2D eigenvalue weighted by Crippen LogP contribution is 2.21. The van der Waals surface area contributed by atoms with Gasteiger partial charge in [-0.2, -0.15) is 5.26 Å². The van der Waals surface area contributed by atoms with E-state index in [-0.39, 0.29) is 5.54 Å². The minimum absolute atomic E-state index is 0.248. The van der Waals surface area contributed by atoms with Gasteiger partial charge in [-0.15, -0.1) is 0 Å². The second-order valence-corrected chi connectivity index (χ2v) is 4.90. The van der Waals surface area contributed by atoms with Crippen LogP contribution in [0.2, 0.25) is 0 Å². The molecular formula is C14H16N4. The molecule has 0 aliphatic carbocycles. The molecule has 0 aliphatic heterocycles. The Labute approximate surface area is 106 Å². The molecule has 1 aromatic carbocycles. The number of nitrogens with zero attached hydrogens (tertiary/aromatic N) is 2. The Kier molecular flexibility index (Phi) is 3.17. The summed E-state index contributed by atoms with van der Waals surface area (Å²) in [5.41, 5.74) is 6.87. The Bertz CT molecular complexity index is 611. The van der Waals surface area contributed by atoms with Gasteiger partial charge in [-0.05, 0) is 26.0 Å². The molecule has 0 saturated heterocycles. The first kappa shape index (κ1) is 12.3. The number of nitrogens with one attached hydrogen (secondary N) is 1. The SMILES string of the molecule is CC(C)(CN)Nc1cc(C#N)c2ccccc2n1. The number of nitrogens with two attached hydrogens (primary N) is 1. The van der Waals surface area contributed by atoms with E-state index in [0.29, 0.717) is 17.9 Å². The van der Waals surface area contributed by atoms with Crippen LogP contribution in [0.4, 0.5) is 5.82 Å². The average molecular weight is 240 g/mol. The van der Waals surface area contributed by atoms with Gasteiger partial charge >= 0.3 is 0 Å². The van der Waals surface area contributed by atoms with E-state index in [1.807, 2.05) is 38.1 Å². The third kappa shape index (κ3) is 2.41. The van der Waals surface area contributed by atoms with E-state index < -0.39 is 0 Å². The van der Waals surface area contributed by atoms with Gasteiger partial charge in [-0.25, -0.2) is 4.98 Å². The van der Waals surface area contributed by atoms with Crippen molar-refractivity contribution in [2.45, 2.75) is 19.4 Å². The third-order valence-electron chi connectivity index (χ3n) is 2.81. The summed E-state index contributed by atoms with van der Waals surface area (Å²) in [6.07, 6.45) is 0. The molecule has 1 aromatic heterocycles. The summed E-state index contributed by atoms with van der Waals surface area (Å²) >= 11 is 0. The normalized spacial score (nSPS) is 11.2. The maximum absolute atomic E-state index is 9.19. The van der Waals surface area contributed by atoms with Crippen molar-refractivity contribution in [3.05, 3.63) is 35.9 Å². The second-order valence-electron chi connectivity index (χ2n) is 4.90. The number of aromatic nitrogens is 1. The summed E-state index contributed by atoms with van der Waals surface area (Å²) in [7, 11) is 0. The van der Waals surface area contributed by atoms with E-state index in [1.54, 1.807) is 6.07 Å². The van der Waals surface area contributed by atoms with Gasteiger partial charge in [0.25, 0.3) is 0 Å². The first-order valence-corrected chi connectivity index (χ1v) is 5.84. The number of anilines is 1. The molecule has 0 aliphatic rings. The van der Waals surface area contributed by atoms with Crippen molar-refractivity contribution in [2.75, 3.05) is 11.9 Å². The van der Waals surface area contributed by atoms with Crippen LogP contribution in [-0.2, 0) is 0 Å². The summed E-state index contributed by atoms with van der Waals surface area (Å²) in [4.78, 5) is 4.50. The fraction of sp³-hybridized carbons (Fsp3) is 0.286. The highest BCUT2D eigenvalue weighted by molar-refractivity contribution is 5.86. The van der Waals surface area contributed by atoms with Crippen LogP contribution in [0.25, 0.3) is 10.9 Å². The van der Waals surface area contributed by atoms with Crippen LogP contribution in [0.3, 0.4) is 0 Å². The summed E-state index contributed by atoms with van der Waals surface area (Å²) in [5, 5.41) is 13.3. The summed E-state index contributed by atoms with van der Waals surface area (Å²) < 4.78 is 0. The van der Waals surface area contributed by atoms with Crippen molar-refractivity contribution >= 4 is 16.7 Å². The topological polar surface area (TPSA) is 74.7 Å². The van der Waals surface area contributed by atoms with Crippen LogP contribution in [0.1, 0.15) is 19.4 Å². The van der Waals surface area contributed by atoms with Crippen LogP contribution in [-0.4, -0.2) is 17.1 Å². The Balaban J connectivity index is 2.51.